The van der Waals surface area contributed by atoms with Gasteiger partial charge in [-0.3, -0.25) is 9.78 Å². The van der Waals surface area contributed by atoms with E-state index in [4.69, 9.17) is 0 Å². The van der Waals surface area contributed by atoms with Gasteiger partial charge in [0.2, 0.25) is 0 Å². The van der Waals surface area contributed by atoms with Gasteiger partial charge in [-0.2, -0.15) is 0 Å². The van der Waals surface area contributed by atoms with Crippen molar-refractivity contribution < 1.29 is 9.90 Å². The predicted octanol–water partition coefficient (Wildman–Crippen LogP) is 2.63. The molecule has 4 nitrogen and oxygen atoms in total. The SMILES string of the molecule is O=C(NCc1cccnc1)C(O)(c1ccccc1)c1ccccc1. The summed E-state index contributed by atoms with van der Waals surface area (Å²) >= 11 is 0. The van der Waals surface area contributed by atoms with Crippen molar-refractivity contribution in [3.8, 4) is 0 Å². The normalized spacial score (nSPS) is 11.0. The lowest BCUT2D eigenvalue weighted by atomic mass is 9.85. The van der Waals surface area contributed by atoms with Crippen molar-refractivity contribution in [3.63, 3.8) is 0 Å². The Morgan fingerprint density at radius 1 is 0.917 bits per heavy atom. The first-order valence-corrected chi connectivity index (χ1v) is 7.72. The van der Waals surface area contributed by atoms with Gasteiger partial charge in [0.05, 0.1) is 0 Å². The van der Waals surface area contributed by atoms with Gasteiger partial charge in [0, 0.05) is 18.9 Å². The zero-order valence-corrected chi connectivity index (χ0v) is 13.1. The Kier molecular flexibility index (Phi) is 4.68. The van der Waals surface area contributed by atoms with Crippen LogP contribution in [0.5, 0.6) is 0 Å². The van der Waals surface area contributed by atoms with E-state index in [1.165, 1.54) is 0 Å². The topological polar surface area (TPSA) is 62.2 Å². The van der Waals surface area contributed by atoms with Gasteiger partial charge in [-0.25, -0.2) is 0 Å². The van der Waals surface area contributed by atoms with Crippen molar-refractivity contribution >= 4 is 5.91 Å². The van der Waals surface area contributed by atoms with Crippen LogP contribution < -0.4 is 5.32 Å². The maximum Gasteiger partial charge on any atom is 0.261 e. The largest absolute Gasteiger partial charge is 0.372 e. The van der Waals surface area contributed by atoms with Gasteiger partial charge in [-0.15, -0.1) is 0 Å². The van der Waals surface area contributed by atoms with E-state index in [1.807, 2.05) is 24.3 Å². The maximum absolute atomic E-state index is 12.9. The average Bonchev–Trinajstić information content (AvgIpc) is 2.67. The summed E-state index contributed by atoms with van der Waals surface area (Å²) in [6.07, 6.45) is 3.36. The summed E-state index contributed by atoms with van der Waals surface area (Å²) in [5, 5.41) is 14.1. The number of rotatable bonds is 5. The number of nitrogens with zero attached hydrogens (tertiary/aromatic N) is 1. The lowest BCUT2D eigenvalue weighted by Gasteiger charge is -2.28. The highest BCUT2D eigenvalue weighted by molar-refractivity contribution is 5.90. The van der Waals surface area contributed by atoms with E-state index >= 15 is 0 Å². The van der Waals surface area contributed by atoms with E-state index < -0.39 is 11.5 Å². The first-order valence-electron chi connectivity index (χ1n) is 7.72. The van der Waals surface area contributed by atoms with Crippen LogP contribution in [-0.2, 0) is 16.9 Å². The van der Waals surface area contributed by atoms with Gasteiger partial charge in [0.25, 0.3) is 5.91 Å². The van der Waals surface area contributed by atoms with Crippen molar-refractivity contribution in [1.82, 2.24) is 10.3 Å². The number of nitrogens with one attached hydrogen (secondary N) is 1. The molecule has 0 saturated carbocycles. The Balaban J connectivity index is 1.92. The van der Waals surface area contributed by atoms with Gasteiger partial charge in [-0.1, -0.05) is 66.7 Å². The molecule has 0 saturated heterocycles. The molecule has 0 aliphatic rings. The Hall–Kier alpha value is -2.98. The van der Waals surface area contributed by atoms with Crippen LogP contribution in [0.3, 0.4) is 0 Å². The average molecular weight is 318 g/mol. The fourth-order valence-electron chi connectivity index (χ4n) is 2.60. The molecule has 0 radical (unpaired) electrons. The Morgan fingerprint density at radius 2 is 1.50 bits per heavy atom. The van der Waals surface area contributed by atoms with Crippen molar-refractivity contribution in [2.75, 3.05) is 0 Å². The van der Waals surface area contributed by atoms with Crippen LogP contribution in [0.25, 0.3) is 0 Å². The second-order valence-corrected chi connectivity index (χ2v) is 5.49. The monoisotopic (exact) mass is 318 g/mol. The summed E-state index contributed by atoms with van der Waals surface area (Å²) in [6.45, 7) is 0.300. The highest BCUT2D eigenvalue weighted by Gasteiger charge is 2.39. The number of aromatic nitrogens is 1. The van der Waals surface area contributed by atoms with E-state index in [9.17, 15) is 9.90 Å². The minimum atomic E-state index is -1.75. The molecule has 0 spiro atoms. The van der Waals surface area contributed by atoms with Crippen LogP contribution in [0.15, 0.2) is 85.2 Å². The number of amides is 1. The third-order valence-corrected chi connectivity index (χ3v) is 3.89. The molecule has 2 aromatic carbocycles. The number of benzene rings is 2. The second-order valence-electron chi connectivity index (χ2n) is 5.49. The molecule has 3 aromatic rings. The van der Waals surface area contributed by atoms with Gasteiger partial charge < -0.3 is 10.4 Å². The zero-order chi connectivity index (χ0) is 16.8. The highest BCUT2D eigenvalue weighted by atomic mass is 16.3. The second kappa shape index (κ2) is 7.06. The number of carbonyl (C=O) groups is 1. The third kappa shape index (κ3) is 3.19. The Labute approximate surface area is 140 Å². The Bertz CT molecular complexity index is 750. The molecule has 0 aliphatic carbocycles. The first kappa shape index (κ1) is 15.9. The van der Waals surface area contributed by atoms with Crippen LogP contribution in [0, 0.1) is 0 Å². The van der Waals surface area contributed by atoms with Crippen LogP contribution in [-0.4, -0.2) is 16.0 Å². The molecule has 0 fully saturated rings. The predicted molar refractivity (Wildman–Crippen MR) is 92.0 cm³/mol. The van der Waals surface area contributed by atoms with Crippen LogP contribution >= 0.6 is 0 Å². The van der Waals surface area contributed by atoms with E-state index in [0.29, 0.717) is 17.7 Å². The number of hydrogen-bond acceptors (Lipinski definition) is 3. The molecular formula is C20H18N2O2. The summed E-state index contributed by atoms with van der Waals surface area (Å²) in [6, 6.07) is 21.6. The highest BCUT2D eigenvalue weighted by Crippen LogP contribution is 2.29. The molecule has 120 valence electrons. The van der Waals surface area contributed by atoms with Gasteiger partial charge in [0.15, 0.2) is 5.60 Å². The minimum Gasteiger partial charge on any atom is -0.372 e. The zero-order valence-electron chi connectivity index (χ0n) is 13.1. The molecule has 3 rings (SSSR count). The fraction of sp³-hybridized carbons (Fsp3) is 0.100. The number of pyridine rings is 1. The molecule has 0 bridgehead atoms. The maximum atomic E-state index is 12.9. The van der Waals surface area contributed by atoms with Crippen molar-refractivity contribution in [3.05, 3.63) is 102 Å². The molecule has 24 heavy (non-hydrogen) atoms. The number of hydrogen-bond donors (Lipinski definition) is 2. The number of carbonyl (C=O) groups excluding carboxylic acids is 1. The standard InChI is InChI=1S/C20H18N2O2/c23-19(22-15-16-8-7-13-21-14-16)20(24,17-9-3-1-4-10-17)18-11-5-2-6-12-18/h1-14,24H,15H2,(H,22,23). The fourth-order valence-corrected chi connectivity index (χ4v) is 2.60. The van der Waals surface area contributed by atoms with Gasteiger partial charge >= 0.3 is 0 Å². The smallest absolute Gasteiger partial charge is 0.261 e. The number of aliphatic hydroxyl groups is 1. The van der Waals surface area contributed by atoms with Crippen molar-refractivity contribution in [1.29, 1.82) is 0 Å². The first-order chi connectivity index (χ1) is 11.7. The molecule has 0 aliphatic heterocycles. The quantitative estimate of drug-likeness (QED) is 0.760. The summed E-state index contributed by atoms with van der Waals surface area (Å²) in [5.41, 5.74) is 0.180. The Morgan fingerprint density at radius 3 is 2.00 bits per heavy atom. The lowest BCUT2D eigenvalue weighted by Crippen LogP contribution is -2.45. The lowest BCUT2D eigenvalue weighted by molar-refractivity contribution is -0.136. The summed E-state index contributed by atoms with van der Waals surface area (Å²) in [7, 11) is 0. The van der Waals surface area contributed by atoms with Gasteiger partial charge in [0.1, 0.15) is 0 Å². The van der Waals surface area contributed by atoms with E-state index in [-0.39, 0.29) is 0 Å². The van der Waals surface area contributed by atoms with Crippen LogP contribution in [0.2, 0.25) is 0 Å². The molecule has 1 aromatic heterocycles. The molecular weight excluding hydrogens is 300 g/mol. The van der Waals surface area contributed by atoms with Crippen LogP contribution in [0.1, 0.15) is 16.7 Å². The molecule has 0 atom stereocenters. The summed E-state index contributed by atoms with van der Waals surface area (Å²) in [4.78, 5) is 16.9. The van der Waals surface area contributed by atoms with Crippen molar-refractivity contribution in [2.45, 2.75) is 12.1 Å². The van der Waals surface area contributed by atoms with E-state index in [1.54, 1.807) is 60.9 Å². The van der Waals surface area contributed by atoms with Gasteiger partial charge in [-0.05, 0) is 22.8 Å². The molecule has 4 heteroatoms. The van der Waals surface area contributed by atoms with Crippen molar-refractivity contribution in [2.24, 2.45) is 0 Å². The summed E-state index contributed by atoms with van der Waals surface area (Å²) in [5.74, 6) is -0.469. The molecule has 1 amide bonds. The van der Waals surface area contributed by atoms with E-state index in [0.717, 1.165) is 5.56 Å². The molecule has 1 heterocycles. The molecule has 2 N–H and O–H groups in total. The summed E-state index contributed by atoms with van der Waals surface area (Å²) < 4.78 is 0. The molecule has 0 unspecified atom stereocenters. The minimum absolute atomic E-state index is 0.300. The third-order valence-electron chi connectivity index (χ3n) is 3.89. The van der Waals surface area contributed by atoms with E-state index in [2.05, 4.69) is 10.3 Å². The van der Waals surface area contributed by atoms with Crippen LogP contribution in [0.4, 0.5) is 0 Å².